The van der Waals surface area contributed by atoms with Crippen molar-refractivity contribution in [3.05, 3.63) is 29.3 Å². The van der Waals surface area contributed by atoms with E-state index in [0.717, 1.165) is 18.7 Å². The second kappa shape index (κ2) is 6.76. The summed E-state index contributed by atoms with van der Waals surface area (Å²) >= 11 is 0. The first-order chi connectivity index (χ1) is 8.55. The van der Waals surface area contributed by atoms with E-state index in [9.17, 15) is 0 Å². The molecule has 0 aliphatic heterocycles. The summed E-state index contributed by atoms with van der Waals surface area (Å²) in [5.41, 5.74) is 2.58. The summed E-state index contributed by atoms with van der Waals surface area (Å²) in [6, 6.07) is 6.39. The smallest absolute Gasteiger partial charge is 0.122 e. The van der Waals surface area contributed by atoms with Gasteiger partial charge in [-0.25, -0.2) is 0 Å². The van der Waals surface area contributed by atoms with E-state index in [4.69, 9.17) is 9.84 Å². The van der Waals surface area contributed by atoms with E-state index in [1.165, 1.54) is 11.1 Å². The normalized spacial score (nSPS) is 11.6. The number of rotatable bonds is 7. The summed E-state index contributed by atoms with van der Waals surface area (Å²) in [7, 11) is 1.71. The average Bonchev–Trinajstić information content (AvgIpc) is 2.38. The van der Waals surface area contributed by atoms with Crippen molar-refractivity contribution < 1.29 is 9.84 Å². The summed E-state index contributed by atoms with van der Waals surface area (Å²) in [5.74, 6) is 0.959. The fourth-order valence-electron chi connectivity index (χ4n) is 2.06. The third kappa shape index (κ3) is 3.72. The van der Waals surface area contributed by atoms with Crippen LogP contribution in [0.4, 0.5) is 0 Å². The first-order valence-electron chi connectivity index (χ1n) is 6.54. The lowest BCUT2D eigenvalue weighted by atomic mass is 9.83. The minimum Gasteiger partial charge on any atom is -0.496 e. The molecule has 0 amide bonds. The topological polar surface area (TPSA) is 41.5 Å². The van der Waals surface area contributed by atoms with Crippen LogP contribution >= 0.6 is 0 Å². The fourth-order valence-corrected chi connectivity index (χ4v) is 2.06. The highest BCUT2D eigenvalue weighted by Crippen LogP contribution is 2.28. The van der Waals surface area contributed by atoms with Crippen LogP contribution in [-0.2, 0) is 11.8 Å². The molecule has 1 aromatic rings. The highest BCUT2D eigenvalue weighted by molar-refractivity contribution is 5.40. The molecular weight excluding hydrogens is 226 g/mol. The van der Waals surface area contributed by atoms with Crippen molar-refractivity contribution in [2.75, 3.05) is 26.8 Å². The summed E-state index contributed by atoms with van der Waals surface area (Å²) in [6.45, 7) is 8.22. The Morgan fingerprint density at radius 3 is 2.61 bits per heavy atom. The van der Waals surface area contributed by atoms with Crippen molar-refractivity contribution in [1.82, 2.24) is 5.32 Å². The molecule has 0 aliphatic rings. The Labute approximate surface area is 110 Å². The lowest BCUT2D eigenvalue weighted by Gasteiger charge is -2.26. The number of aliphatic hydroxyl groups excluding tert-OH is 1. The molecule has 102 valence electrons. The first-order valence-corrected chi connectivity index (χ1v) is 6.54. The van der Waals surface area contributed by atoms with E-state index in [1.807, 2.05) is 6.07 Å². The van der Waals surface area contributed by atoms with Gasteiger partial charge in [-0.1, -0.05) is 32.9 Å². The van der Waals surface area contributed by atoms with Crippen molar-refractivity contribution in [2.24, 2.45) is 0 Å². The maximum Gasteiger partial charge on any atom is 0.122 e. The number of hydrogen-bond donors (Lipinski definition) is 2. The van der Waals surface area contributed by atoms with E-state index in [0.29, 0.717) is 6.54 Å². The van der Waals surface area contributed by atoms with Gasteiger partial charge < -0.3 is 15.2 Å². The van der Waals surface area contributed by atoms with Crippen LogP contribution in [0.5, 0.6) is 5.75 Å². The van der Waals surface area contributed by atoms with E-state index >= 15 is 0 Å². The zero-order valence-electron chi connectivity index (χ0n) is 11.9. The number of aryl methyl sites for hydroxylation is 1. The summed E-state index contributed by atoms with van der Waals surface area (Å²) in [5, 5.41) is 12.1. The molecular formula is C15H25NO2. The standard InChI is InChI=1S/C15H25NO2/c1-5-12-10-13(6-7-14(12)18-4)15(2,3)11-16-8-9-17/h6-7,10,16-17H,5,8-9,11H2,1-4H3. The molecule has 3 heteroatoms. The quantitative estimate of drug-likeness (QED) is 0.729. The molecule has 0 heterocycles. The Bertz CT molecular complexity index is 375. The molecule has 1 rings (SSSR count). The van der Waals surface area contributed by atoms with Gasteiger partial charge in [0.05, 0.1) is 13.7 Å². The van der Waals surface area contributed by atoms with Crippen LogP contribution in [0, 0.1) is 0 Å². The molecule has 0 bridgehead atoms. The molecule has 0 aromatic heterocycles. The van der Waals surface area contributed by atoms with Crippen molar-refractivity contribution >= 4 is 0 Å². The van der Waals surface area contributed by atoms with Crippen LogP contribution in [0.3, 0.4) is 0 Å². The Morgan fingerprint density at radius 1 is 1.33 bits per heavy atom. The van der Waals surface area contributed by atoms with E-state index in [1.54, 1.807) is 7.11 Å². The van der Waals surface area contributed by atoms with Crippen LogP contribution in [0.1, 0.15) is 31.9 Å². The van der Waals surface area contributed by atoms with Gasteiger partial charge in [0, 0.05) is 18.5 Å². The average molecular weight is 251 g/mol. The summed E-state index contributed by atoms with van der Waals surface area (Å²) in [6.07, 6.45) is 0.969. The lowest BCUT2D eigenvalue weighted by molar-refractivity contribution is 0.286. The van der Waals surface area contributed by atoms with E-state index < -0.39 is 0 Å². The van der Waals surface area contributed by atoms with Crippen LogP contribution in [0.25, 0.3) is 0 Å². The number of hydrogen-bond acceptors (Lipinski definition) is 3. The minimum atomic E-state index is 0.0470. The van der Waals surface area contributed by atoms with Gasteiger partial charge in [0.2, 0.25) is 0 Å². The monoisotopic (exact) mass is 251 g/mol. The van der Waals surface area contributed by atoms with Crippen LogP contribution in [-0.4, -0.2) is 31.9 Å². The predicted molar refractivity (Wildman–Crippen MR) is 75.4 cm³/mol. The first kappa shape index (κ1) is 15.0. The highest BCUT2D eigenvalue weighted by atomic mass is 16.5. The molecule has 0 atom stereocenters. The Hall–Kier alpha value is -1.06. The van der Waals surface area contributed by atoms with Gasteiger partial charge in [-0.3, -0.25) is 0 Å². The molecule has 0 saturated heterocycles. The van der Waals surface area contributed by atoms with Gasteiger partial charge in [-0.15, -0.1) is 0 Å². The molecule has 18 heavy (non-hydrogen) atoms. The fraction of sp³-hybridized carbons (Fsp3) is 0.600. The maximum absolute atomic E-state index is 8.81. The van der Waals surface area contributed by atoms with Gasteiger partial charge >= 0.3 is 0 Å². The van der Waals surface area contributed by atoms with Crippen molar-refractivity contribution in [3.63, 3.8) is 0 Å². The van der Waals surface area contributed by atoms with Crippen molar-refractivity contribution in [3.8, 4) is 5.75 Å². The largest absolute Gasteiger partial charge is 0.496 e. The molecule has 3 nitrogen and oxygen atoms in total. The SMILES string of the molecule is CCc1cc(C(C)(C)CNCCO)ccc1OC. The van der Waals surface area contributed by atoms with Crippen LogP contribution < -0.4 is 10.1 Å². The molecule has 0 saturated carbocycles. The number of ether oxygens (including phenoxy) is 1. The zero-order valence-corrected chi connectivity index (χ0v) is 11.9. The van der Waals surface area contributed by atoms with Gasteiger partial charge in [0.1, 0.15) is 5.75 Å². The van der Waals surface area contributed by atoms with E-state index in [-0.39, 0.29) is 12.0 Å². The Kier molecular flexibility index (Phi) is 5.63. The third-order valence-corrected chi connectivity index (χ3v) is 3.30. The number of aliphatic hydroxyl groups is 1. The zero-order chi connectivity index (χ0) is 13.6. The van der Waals surface area contributed by atoms with Gasteiger partial charge in [-0.2, -0.15) is 0 Å². The van der Waals surface area contributed by atoms with Gasteiger partial charge in [0.25, 0.3) is 0 Å². The lowest BCUT2D eigenvalue weighted by Crippen LogP contribution is -2.34. The predicted octanol–water partition coefficient (Wildman–Crippen LogP) is 2.12. The number of methoxy groups -OCH3 is 1. The molecule has 0 fully saturated rings. The Balaban J connectivity index is 2.87. The highest BCUT2D eigenvalue weighted by Gasteiger charge is 2.21. The molecule has 0 unspecified atom stereocenters. The van der Waals surface area contributed by atoms with Crippen molar-refractivity contribution in [2.45, 2.75) is 32.6 Å². The second-order valence-electron chi connectivity index (χ2n) is 5.16. The van der Waals surface area contributed by atoms with Gasteiger partial charge in [-0.05, 0) is 23.6 Å². The van der Waals surface area contributed by atoms with Crippen LogP contribution in [0.15, 0.2) is 18.2 Å². The third-order valence-electron chi connectivity index (χ3n) is 3.30. The summed E-state index contributed by atoms with van der Waals surface area (Å²) in [4.78, 5) is 0. The number of nitrogens with one attached hydrogen (secondary N) is 1. The molecule has 2 N–H and O–H groups in total. The second-order valence-corrected chi connectivity index (χ2v) is 5.16. The summed E-state index contributed by atoms with van der Waals surface area (Å²) < 4.78 is 5.35. The molecule has 0 radical (unpaired) electrons. The molecule has 0 spiro atoms. The van der Waals surface area contributed by atoms with Crippen molar-refractivity contribution in [1.29, 1.82) is 0 Å². The molecule has 1 aromatic carbocycles. The number of benzene rings is 1. The maximum atomic E-state index is 8.81. The van der Waals surface area contributed by atoms with E-state index in [2.05, 4.69) is 38.2 Å². The minimum absolute atomic E-state index is 0.0470. The molecule has 0 aliphatic carbocycles. The van der Waals surface area contributed by atoms with Gasteiger partial charge in [0.15, 0.2) is 0 Å². The Morgan fingerprint density at radius 2 is 2.06 bits per heavy atom. The van der Waals surface area contributed by atoms with Crippen LogP contribution in [0.2, 0.25) is 0 Å².